The Morgan fingerprint density at radius 2 is 2.00 bits per heavy atom. The Labute approximate surface area is 168 Å². The van der Waals surface area contributed by atoms with Crippen LogP contribution in [0.5, 0.6) is 5.75 Å². The molecule has 2 aromatic rings. The van der Waals surface area contributed by atoms with Crippen LogP contribution in [0.3, 0.4) is 0 Å². The van der Waals surface area contributed by atoms with E-state index in [1.165, 1.54) is 6.07 Å². The van der Waals surface area contributed by atoms with Gasteiger partial charge in [0.05, 0.1) is 10.2 Å². The van der Waals surface area contributed by atoms with Crippen molar-refractivity contribution in [1.29, 1.82) is 5.41 Å². The van der Waals surface area contributed by atoms with E-state index < -0.39 is 12.0 Å². The molecule has 9 heteroatoms. The van der Waals surface area contributed by atoms with Gasteiger partial charge < -0.3 is 26.0 Å². The van der Waals surface area contributed by atoms with Crippen LogP contribution >= 0.6 is 34.2 Å². The van der Waals surface area contributed by atoms with Gasteiger partial charge in [0.1, 0.15) is 18.2 Å². The Morgan fingerprint density at radius 3 is 2.54 bits per heavy atom. The molecule has 0 fully saturated rings. The van der Waals surface area contributed by atoms with Crippen molar-refractivity contribution in [3.8, 4) is 5.75 Å². The molecule has 0 saturated heterocycles. The van der Waals surface area contributed by atoms with E-state index in [1.54, 1.807) is 30.3 Å². The SMILES string of the molecule is N=C(N)c1ccc(NC(C(=O)O)c2cc(Cl)cc(I)c2OCCO)cc1. The van der Waals surface area contributed by atoms with Crippen molar-refractivity contribution in [1.82, 2.24) is 0 Å². The predicted molar refractivity (Wildman–Crippen MR) is 108 cm³/mol. The third-order valence-corrected chi connectivity index (χ3v) is 4.46. The maximum Gasteiger partial charge on any atom is 0.330 e. The van der Waals surface area contributed by atoms with Crippen LogP contribution in [0.2, 0.25) is 5.02 Å². The number of nitrogen functional groups attached to an aromatic ring is 1. The van der Waals surface area contributed by atoms with E-state index in [0.717, 1.165) is 0 Å². The van der Waals surface area contributed by atoms with Gasteiger partial charge >= 0.3 is 5.97 Å². The first-order chi connectivity index (χ1) is 12.3. The Balaban J connectivity index is 2.40. The molecule has 0 aromatic heterocycles. The second-order valence-corrected chi connectivity index (χ2v) is 6.88. The minimum absolute atomic E-state index is 0.0320. The normalized spacial score (nSPS) is 11.7. The zero-order valence-electron chi connectivity index (χ0n) is 13.5. The van der Waals surface area contributed by atoms with E-state index >= 15 is 0 Å². The first-order valence-corrected chi connectivity index (χ1v) is 8.95. The standard InChI is InChI=1S/C17H17ClIN3O4/c18-10-7-12(15(13(19)8-10)26-6-5-23)14(17(24)25)22-11-3-1-9(2-4-11)16(20)21/h1-4,7-8,14,22-23H,5-6H2,(H3,20,21)(H,24,25). The number of aliphatic carboxylic acids is 1. The minimum atomic E-state index is -1.13. The highest BCUT2D eigenvalue weighted by Gasteiger charge is 2.26. The van der Waals surface area contributed by atoms with Crippen LogP contribution in [0.4, 0.5) is 5.69 Å². The number of amidine groups is 1. The molecule has 0 aliphatic heterocycles. The van der Waals surface area contributed by atoms with Gasteiger partial charge in [-0.25, -0.2) is 4.79 Å². The van der Waals surface area contributed by atoms with Gasteiger partial charge in [-0.15, -0.1) is 0 Å². The molecular weight excluding hydrogens is 473 g/mol. The maximum absolute atomic E-state index is 11.9. The van der Waals surface area contributed by atoms with E-state index in [2.05, 4.69) is 5.32 Å². The average Bonchev–Trinajstić information content (AvgIpc) is 2.58. The third-order valence-electron chi connectivity index (χ3n) is 3.44. The molecule has 0 radical (unpaired) electrons. The molecular formula is C17H17ClIN3O4. The van der Waals surface area contributed by atoms with E-state index in [0.29, 0.717) is 31.2 Å². The Kier molecular flexibility index (Phi) is 7.06. The highest BCUT2D eigenvalue weighted by atomic mass is 127. The molecule has 0 saturated carbocycles. The lowest BCUT2D eigenvalue weighted by Gasteiger charge is -2.21. The number of aliphatic hydroxyl groups excluding tert-OH is 1. The number of nitrogens with one attached hydrogen (secondary N) is 2. The number of benzene rings is 2. The molecule has 6 N–H and O–H groups in total. The first kappa shape index (κ1) is 20.3. The Bertz CT molecular complexity index is 814. The van der Waals surface area contributed by atoms with Gasteiger partial charge in [-0.1, -0.05) is 11.6 Å². The zero-order valence-corrected chi connectivity index (χ0v) is 16.4. The number of nitrogens with two attached hydrogens (primary N) is 1. The lowest BCUT2D eigenvalue weighted by molar-refractivity contribution is -0.138. The Morgan fingerprint density at radius 1 is 1.35 bits per heavy atom. The van der Waals surface area contributed by atoms with Crippen molar-refractivity contribution in [3.63, 3.8) is 0 Å². The number of halogens is 2. The summed E-state index contributed by atoms with van der Waals surface area (Å²) in [5, 5.41) is 29.4. The summed E-state index contributed by atoms with van der Waals surface area (Å²) in [4.78, 5) is 11.9. The zero-order chi connectivity index (χ0) is 19.3. The van der Waals surface area contributed by atoms with Crippen molar-refractivity contribution in [2.24, 2.45) is 5.73 Å². The van der Waals surface area contributed by atoms with E-state index in [-0.39, 0.29) is 19.0 Å². The van der Waals surface area contributed by atoms with E-state index in [9.17, 15) is 9.90 Å². The number of hydrogen-bond donors (Lipinski definition) is 5. The minimum Gasteiger partial charge on any atom is -0.490 e. The van der Waals surface area contributed by atoms with Crippen LogP contribution in [0.25, 0.3) is 0 Å². The van der Waals surface area contributed by atoms with Crippen molar-refractivity contribution in [2.45, 2.75) is 6.04 Å². The van der Waals surface area contributed by atoms with Crippen LogP contribution < -0.4 is 15.8 Å². The molecule has 0 bridgehead atoms. The number of carboxylic acids is 1. The van der Waals surface area contributed by atoms with E-state index in [1.807, 2.05) is 22.6 Å². The second kappa shape index (κ2) is 9.06. The Hall–Kier alpha value is -2.04. The van der Waals surface area contributed by atoms with Gasteiger partial charge in [-0.3, -0.25) is 5.41 Å². The number of rotatable bonds is 8. The molecule has 0 aliphatic rings. The van der Waals surface area contributed by atoms with Crippen LogP contribution in [-0.4, -0.2) is 35.2 Å². The summed E-state index contributed by atoms with van der Waals surface area (Å²) in [5.74, 6) is -0.840. The third kappa shape index (κ3) is 4.99. The van der Waals surface area contributed by atoms with Gasteiger partial charge in [-0.05, 0) is 59.0 Å². The van der Waals surface area contributed by atoms with Gasteiger partial charge in [0.2, 0.25) is 0 Å². The summed E-state index contributed by atoms with van der Waals surface area (Å²) < 4.78 is 6.16. The predicted octanol–water partition coefficient (Wildman–Crippen LogP) is 2.84. The molecule has 1 atom stereocenters. The van der Waals surface area contributed by atoms with Gasteiger partial charge in [-0.2, -0.15) is 0 Å². The fraction of sp³-hybridized carbons (Fsp3) is 0.176. The van der Waals surface area contributed by atoms with Gasteiger partial charge in [0.15, 0.2) is 6.04 Å². The molecule has 0 aliphatic carbocycles. The molecule has 2 rings (SSSR count). The largest absolute Gasteiger partial charge is 0.490 e. The summed E-state index contributed by atoms with van der Waals surface area (Å²) in [5.41, 5.74) is 6.83. The molecule has 138 valence electrons. The highest BCUT2D eigenvalue weighted by molar-refractivity contribution is 14.1. The second-order valence-electron chi connectivity index (χ2n) is 5.28. The lowest BCUT2D eigenvalue weighted by Crippen LogP contribution is -2.22. The molecule has 0 heterocycles. The number of aliphatic hydroxyl groups is 1. The van der Waals surface area contributed by atoms with Gasteiger partial charge in [0.25, 0.3) is 0 Å². The van der Waals surface area contributed by atoms with Crippen LogP contribution in [0, 0.1) is 8.98 Å². The number of carbonyl (C=O) groups is 1. The molecule has 1 unspecified atom stereocenters. The smallest absolute Gasteiger partial charge is 0.330 e. The van der Waals surface area contributed by atoms with Crippen LogP contribution in [0.1, 0.15) is 17.2 Å². The van der Waals surface area contributed by atoms with E-state index in [4.69, 9.17) is 32.6 Å². The van der Waals surface area contributed by atoms with Gasteiger partial charge in [0, 0.05) is 21.8 Å². The molecule has 0 spiro atoms. The number of ether oxygens (including phenoxy) is 1. The van der Waals surface area contributed by atoms with Crippen molar-refractivity contribution >= 4 is 51.7 Å². The lowest BCUT2D eigenvalue weighted by atomic mass is 10.0. The summed E-state index contributed by atoms with van der Waals surface area (Å²) in [6.45, 7) is -0.167. The van der Waals surface area contributed by atoms with Crippen molar-refractivity contribution in [2.75, 3.05) is 18.5 Å². The number of hydrogen-bond acceptors (Lipinski definition) is 5. The van der Waals surface area contributed by atoms with Crippen LogP contribution in [-0.2, 0) is 4.79 Å². The molecule has 7 nitrogen and oxygen atoms in total. The molecule has 2 aromatic carbocycles. The maximum atomic E-state index is 11.9. The average molecular weight is 490 g/mol. The number of carboxylic acid groups (broad SMARTS) is 1. The summed E-state index contributed by atoms with van der Waals surface area (Å²) >= 11 is 8.10. The fourth-order valence-corrected chi connectivity index (χ4v) is 3.49. The van der Waals surface area contributed by atoms with Crippen LogP contribution in [0.15, 0.2) is 36.4 Å². The van der Waals surface area contributed by atoms with Crippen molar-refractivity contribution in [3.05, 3.63) is 56.1 Å². The number of anilines is 1. The van der Waals surface area contributed by atoms with Crippen molar-refractivity contribution < 1.29 is 19.7 Å². The highest BCUT2D eigenvalue weighted by Crippen LogP contribution is 2.35. The molecule has 0 amide bonds. The topological polar surface area (TPSA) is 129 Å². The summed E-state index contributed by atoms with van der Waals surface area (Å²) in [6.07, 6.45) is 0. The summed E-state index contributed by atoms with van der Waals surface area (Å²) in [6, 6.07) is 8.56. The fourth-order valence-electron chi connectivity index (χ4n) is 2.28. The first-order valence-electron chi connectivity index (χ1n) is 7.50. The quantitative estimate of drug-likeness (QED) is 0.220. The monoisotopic (exact) mass is 489 g/mol. The summed E-state index contributed by atoms with van der Waals surface area (Å²) in [7, 11) is 0. The molecule has 26 heavy (non-hydrogen) atoms.